The lowest BCUT2D eigenvalue weighted by molar-refractivity contribution is -0.117. The molecule has 0 radical (unpaired) electrons. The van der Waals surface area contributed by atoms with Crippen LogP contribution in [0.2, 0.25) is 0 Å². The molecule has 3 heteroatoms. The summed E-state index contributed by atoms with van der Waals surface area (Å²) in [6.45, 7) is 4.20. The van der Waals surface area contributed by atoms with Crippen LogP contribution in [-0.2, 0) is 17.6 Å². The molecule has 0 spiro atoms. The third-order valence-corrected chi connectivity index (χ3v) is 3.48. The maximum atomic E-state index is 13.5. The minimum Gasteiger partial charge on any atom is -0.299 e. The number of ketones is 1. The molecule has 2 aromatic carbocycles. The van der Waals surface area contributed by atoms with Crippen LogP contribution in [0.15, 0.2) is 42.5 Å². The van der Waals surface area contributed by atoms with E-state index in [0.29, 0.717) is 5.92 Å². The summed E-state index contributed by atoms with van der Waals surface area (Å²) in [5.74, 6) is -1.10. The van der Waals surface area contributed by atoms with Crippen molar-refractivity contribution in [2.45, 2.75) is 32.6 Å². The highest BCUT2D eigenvalue weighted by molar-refractivity contribution is 5.83. The van der Waals surface area contributed by atoms with Crippen LogP contribution in [0.3, 0.4) is 0 Å². The van der Waals surface area contributed by atoms with Gasteiger partial charge in [-0.2, -0.15) is 0 Å². The van der Waals surface area contributed by atoms with Crippen LogP contribution in [0.1, 0.15) is 36.5 Å². The monoisotopic (exact) mass is 288 g/mol. The molecule has 0 bridgehead atoms. The summed E-state index contributed by atoms with van der Waals surface area (Å²) in [4.78, 5) is 12.0. The van der Waals surface area contributed by atoms with Gasteiger partial charge in [-0.1, -0.05) is 44.2 Å². The molecular weight excluding hydrogens is 270 g/mol. The predicted molar refractivity (Wildman–Crippen MR) is 79.3 cm³/mol. The quantitative estimate of drug-likeness (QED) is 0.794. The highest BCUT2D eigenvalue weighted by atomic mass is 19.1. The summed E-state index contributed by atoms with van der Waals surface area (Å²) < 4.78 is 27.0. The molecule has 0 aliphatic heterocycles. The zero-order chi connectivity index (χ0) is 15.4. The average Bonchev–Trinajstić information content (AvgIpc) is 2.43. The van der Waals surface area contributed by atoms with Crippen molar-refractivity contribution in [3.8, 4) is 0 Å². The highest BCUT2D eigenvalue weighted by Crippen LogP contribution is 2.17. The molecule has 110 valence electrons. The van der Waals surface area contributed by atoms with Crippen LogP contribution >= 0.6 is 0 Å². The van der Waals surface area contributed by atoms with Crippen LogP contribution in [0.4, 0.5) is 8.78 Å². The first-order valence-electron chi connectivity index (χ1n) is 7.01. The van der Waals surface area contributed by atoms with Gasteiger partial charge in [-0.05, 0) is 29.2 Å². The molecule has 0 fully saturated rings. The SMILES string of the molecule is CC(C)c1ccc(CC(=O)Cc2c(F)cccc2F)cc1. The number of rotatable bonds is 5. The van der Waals surface area contributed by atoms with E-state index in [0.717, 1.165) is 5.56 Å². The van der Waals surface area contributed by atoms with Gasteiger partial charge in [0.1, 0.15) is 17.4 Å². The van der Waals surface area contributed by atoms with Gasteiger partial charge in [0, 0.05) is 18.4 Å². The van der Waals surface area contributed by atoms with Gasteiger partial charge in [0.15, 0.2) is 0 Å². The number of benzene rings is 2. The van der Waals surface area contributed by atoms with Gasteiger partial charge in [-0.25, -0.2) is 8.78 Å². The van der Waals surface area contributed by atoms with Crippen molar-refractivity contribution in [3.05, 3.63) is 70.8 Å². The first-order valence-corrected chi connectivity index (χ1v) is 7.01. The predicted octanol–water partition coefficient (Wildman–Crippen LogP) is 4.44. The zero-order valence-electron chi connectivity index (χ0n) is 12.2. The van der Waals surface area contributed by atoms with Gasteiger partial charge >= 0.3 is 0 Å². The van der Waals surface area contributed by atoms with Crippen LogP contribution < -0.4 is 0 Å². The van der Waals surface area contributed by atoms with Crippen molar-refractivity contribution >= 4 is 5.78 Å². The largest absolute Gasteiger partial charge is 0.299 e. The first-order chi connectivity index (χ1) is 9.97. The van der Waals surface area contributed by atoms with Crippen molar-refractivity contribution in [2.75, 3.05) is 0 Å². The van der Waals surface area contributed by atoms with E-state index in [4.69, 9.17) is 0 Å². The summed E-state index contributed by atoms with van der Waals surface area (Å²) in [5.41, 5.74) is 1.91. The molecule has 0 N–H and O–H groups in total. The standard InChI is InChI=1S/C18H18F2O/c1-12(2)14-8-6-13(7-9-14)10-15(21)11-16-17(19)4-3-5-18(16)20/h3-9,12H,10-11H2,1-2H3. The molecule has 21 heavy (non-hydrogen) atoms. The van der Waals surface area contributed by atoms with Gasteiger partial charge in [0.2, 0.25) is 0 Å². The van der Waals surface area contributed by atoms with E-state index >= 15 is 0 Å². The Morgan fingerprint density at radius 3 is 2.05 bits per heavy atom. The van der Waals surface area contributed by atoms with E-state index in [1.807, 2.05) is 24.3 Å². The Kier molecular flexibility index (Phi) is 4.84. The number of Topliss-reactive ketones (excluding diaryl/α,β-unsaturated/α-hetero) is 1. The minimum absolute atomic E-state index is 0.152. The van der Waals surface area contributed by atoms with Gasteiger partial charge in [-0.15, -0.1) is 0 Å². The van der Waals surface area contributed by atoms with E-state index in [2.05, 4.69) is 13.8 Å². The molecule has 0 unspecified atom stereocenters. The lowest BCUT2D eigenvalue weighted by Crippen LogP contribution is -2.09. The Morgan fingerprint density at radius 1 is 0.952 bits per heavy atom. The van der Waals surface area contributed by atoms with Crippen LogP contribution in [0, 0.1) is 11.6 Å². The van der Waals surface area contributed by atoms with E-state index in [9.17, 15) is 13.6 Å². The fourth-order valence-corrected chi connectivity index (χ4v) is 2.21. The minimum atomic E-state index is -0.668. The second-order valence-corrected chi connectivity index (χ2v) is 5.49. The molecular formula is C18H18F2O. The number of carbonyl (C=O) groups excluding carboxylic acids is 1. The molecule has 2 rings (SSSR count). The Bertz CT molecular complexity index is 610. The maximum Gasteiger partial charge on any atom is 0.141 e. The topological polar surface area (TPSA) is 17.1 Å². The van der Waals surface area contributed by atoms with E-state index in [1.54, 1.807) is 0 Å². The molecule has 0 aliphatic rings. The normalized spacial score (nSPS) is 10.9. The average molecular weight is 288 g/mol. The van der Waals surface area contributed by atoms with Gasteiger partial charge in [0.05, 0.1) is 0 Å². The maximum absolute atomic E-state index is 13.5. The van der Waals surface area contributed by atoms with E-state index in [-0.39, 0.29) is 24.2 Å². The van der Waals surface area contributed by atoms with Crippen molar-refractivity contribution in [1.82, 2.24) is 0 Å². The fraction of sp³-hybridized carbons (Fsp3) is 0.278. The Labute approximate surface area is 123 Å². The number of hydrogen-bond acceptors (Lipinski definition) is 1. The smallest absolute Gasteiger partial charge is 0.141 e. The molecule has 0 atom stereocenters. The van der Waals surface area contributed by atoms with Gasteiger partial charge in [0.25, 0.3) is 0 Å². The summed E-state index contributed by atoms with van der Waals surface area (Å²) in [7, 11) is 0. The van der Waals surface area contributed by atoms with Crippen molar-refractivity contribution < 1.29 is 13.6 Å². The van der Waals surface area contributed by atoms with Gasteiger partial charge in [-0.3, -0.25) is 4.79 Å². The molecule has 0 aromatic heterocycles. The molecule has 0 aliphatic carbocycles. The van der Waals surface area contributed by atoms with Crippen LogP contribution in [0.25, 0.3) is 0 Å². The number of halogens is 2. The second-order valence-electron chi connectivity index (χ2n) is 5.49. The van der Waals surface area contributed by atoms with Crippen molar-refractivity contribution in [1.29, 1.82) is 0 Å². The fourth-order valence-electron chi connectivity index (χ4n) is 2.21. The Morgan fingerprint density at radius 2 is 1.52 bits per heavy atom. The first kappa shape index (κ1) is 15.4. The third-order valence-electron chi connectivity index (χ3n) is 3.48. The number of hydrogen-bond donors (Lipinski definition) is 0. The third kappa shape index (κ3) is 3.97. The van der Waals surface area contributed by atoms with E-state index < -0.39 is 11.6 Å². The number of carbonyl (C=O) groups is 1. The van der Waals surface area contributed by atoms with Crippen LogP contribution in [-0.4, -0.2) is 5.78 Å². The molecule has 2 aromatic rings. The van der Waals surface area contributed by atoms with Crippen molar-refractivity contribution in [2.24, 2.45) is 0 Å². The Balaban J connectivity index is 2.05. The van der Waals surface area contributed by atoms with Gasteiger partial charge < -0.3 is 0 Å². The lowest BCUT2D eigenvalue weighted by Gasteiger charge is -2.07. The van der Waals surface area contributed by atoms with Crippen LogP contribution in [0.5, 0.6) is 0 Å². The second kappa shape index (κ2) is 6.61. The molecule has 0 heterocycles. The highest BCUT2D eigenvalue weighted by Gasteiger charge is 2.13. The molecule has 1 nitrogen and oxygen atoms in total. The molecule has 0 saturated carbocycles. The summed E-state index contributed by atoms with van der Waals surface area (Å²) >= 11 is 0. The summed E-state index contributed by atoms with van der Waals surface area (Å²) in [6.07, 6.45) is -0.0312. The summed E-state index contributed by atoms with van der Waals surface area (Å²) in [5, 5.41) is 0. The lowest BCUT2D eigenvalue weighted by atomic mass is 9.98. The molecule has 0 saturated heterocycles. The summed E-state index contributed by atoms with van der Waals surface area (Å²) in [6, 6.07) is 11.4. The van der Waals surface area contributed by atoms with E-state index in [1.165, 1.54) is 23.8 Å². The van der Waals surface area contributed by atoms with Crippen molar-refractivity contribution in [3.63, 3.8) is 0 Å². The Hall–Kier alpha value is -2.03. The zero-order valence-corrected chi connectivity index (χ0v) is 12.2. The molecule has 0 amide bonds.